The Hall–Kier alpha value is -2.93. The average molecular weight is 341 g/mol. The molecule has 1 aromatic heterocycles. The third-order valence-electron chi connectivity index (χ3n) is 3.64. The first-order valence-electron chi connectivity index (χ1n) is 7.99. The Kier molecular flexibility index (Phi) is 5.25. The van der Waals surface area contributed by atoms with E-state index < -0.39 is 0 Å². The Morgan fingerprint density at radius 1 is 1.16 bits per heavy atom. The first-order chi connectivity index (χ1) is 12.1. The average Bonchev–Trinajstić information content (AvgIpc) is 3.09. The highest BCUT2D eigenvalue weighted by Crippen LogP contribution is 2.18. The molecule has 0 saturated carbocycles. The molecule has 1 aromatic carbocycles. The number of pyridine rings is 1. The second-order valence-corrected chi connectivity index (χ2v) is 5.70. The number of nitrogens with one attached hydrogen (secondary N) is 2. The van der Waals surface area contributed by atoms with Gasteiger partial charge in [-0.25, -0.2) is 4.98 Å². The summed E-state index contributed by atoms with van der Waals surface area (Å²) < 4.78 is 11.0. The van der Waals surface area contributed by atoms with Gasteiger partial charge in [0.1, 0.15) is 6.10 Å². The van der Waals surface area contributed by atoms with E-state index in [1.165, 1.54) is 6.92 Å². The van der Waals surface area contributed by atoms with E-state index in [0.29, 0.717) is 36.0 Å². The highest BCUT2D eigenvalue weighted by molar-refractivity contribution is 6.04. The Labute approximate surface area is 145 Å². The lowest BCUT2D eigenvalue weighted by molar-refractivity contribution is -0.114. The van der Waals surface area contributed by atoms with Gasteiger partial charge in [0.05, 0.1) is 13.2 Å². The Balaban J connectivity index is 1.63. The minimum atomic E-state index is -0.262. The van der Waals surface area contributed by atoms with E-state index >= 15 is 0 Å². The fourth-order valence-corrected chi connectivity index (χ4v) is 2.44. The lowest BCUT2D eigenvalue weighted by Gasteiger charge is -2.12. The lowest BCUT2D eigenvalue weighted by atomic mass is 10.2. The van der Waals surface area contributed by atoms with Gasteiger partial charge >= 0.3 is 0 Å². The number of rotatable bonds is 5. The maximum atomic E-state index is 12.4. The molecule has 25 heavy (non-hydrogen) atoms. The Morgan fingerprint density at radius 2 is 1.88 bits per heavy atom. The van der Waals surface area contributed by atoms with Crippen LogP contribution in [-0.2, 0) is 9.53 Å². The van der Waals surface area contributed by atoms with Crippen LogP contribution in [-0.4, -0.2) is 36.1 Å². The molecule has 1 saturated heterocycles. The summed E-state index contributed by atoms with van der Waals surface area (Å²) in [5.74, 6) is 0.000110. The Morgan fingerprint density at radius 3 is 2.52 bits per heavy atom. The standard InChI is InChI=1S/C18H19N3O4/c1-12(22)20-14-2-4-15(5-3-14)21-18(23)13-6-8-19-17(10-13)25-16-7-9-24-11-16/h2-6,8,10,16H,7,9,11H2,1H3,(H,20,22)(H,21,23). The number of hydrogen-bond donors (Lipinski definition) is 2. The highest BCUT2D eigenvalue weighted by atomic mass is 16.5. The molecule has 7 nitrogen and oxygen atoms in total. The lowest BCUT2D eigenvalue weighted by Crippen LogP contribution is -2.17. The van der Waals surface area contributed by atoms with Crippen LogP contribution >= 0.6 is 0 Å². The van der Waals surface area contributed by atoms with Gasteiger partial charge in [0.25, 0.3) is 5.91 Å². The molecule has 1 unspecified atom stereocenters. The summed E-state index contributed by atoms with van der Waals surface area (Å²) in [6.07, 6.45) is 2.34. The van der Waals surface area contributed by atoms with Crippen LogP contribution in [0.25, 0.3) is 0 Å². The van der Waals surface area contributed by atoms with E-state index in [2.05, 4.69) is 15.6 Å². The number of hydrogen-bond acceptors (Lipinski definition) is 5. The van der Waals surface area contributed by atoms with Gasteiger partial charge in [0.15, 0.2) is 0 Å². The molecule has 1 fully saturated rings. The van der Waals surface area contributed by atoms with Crippen LogP contribution in [0.4, 0.5) is 11.4 Å². The predicted octanol–water partition coefficient (Wildman–Crippen LogP) is 2.46. The SMILES string of the molecule is CC(=O)Nc1ccc(NC(=O)c2ccnc(OC3CCOC3)c2)cc1. The number of amides is 2. The van der Waals surface area contributed by atoms with Crippen molar-refractivity contribution in [2.45, 2.75) is 19.4 Å². The molecule has 7 heteroatoms. The maximum absolute atomic E-state index is 12.4. The molecule has 1 aliphatic heterocycles. The van der Waals surface area contributed by atoms with Crippen LogP contribution in [0.3, 0.4) is 0 Å². The summed E-state index contributed by atoms with van der Waals surface area (Å²) in [6, 6.07) is 10.1. The summed E-state index contributed by atoms with van der Waals surface area (Å²) in [7, 11) is 0. The van der Waals surface area contributed by atoms with Crippen molar-refractivity contribution in [1.82, 2.24) is 4.98 Å². The van der Waals surface area contributed by atoms with Gasteiger partial charge in [0.2, 0.25) is 11.8 Å². The van der Waals surface area contributed by atoms with Gasteiger partial charge in [0, 0.05) is 42.5 Å². The first kappa shape index (κ1) is 16.9. The van der Waals surface area contributed by atoms with Crippen molar-refractivity contribution >= 4 is 23.2 Å². The summed E-state index contributed by atoms with van der Waals surface area (Å²) in [5.41, 5.74) is 1.75. The molecule has 0 spiro atoms. The van der Waals surface area contributed by atoms with Gasteiger partial charge in [-0.3, -0.25) is 9.59 Å². The van der Waals surface area contributed by atoms with Crippen LogP contribution in [0.5, 0.6) is 5.88 Å². The third-order valence-corrected chi connectivity index (χ3v) is 3.64. The third kappa shape index (κ3) is 4.77. The number of nitrogens with zero attached hydrogens (tertiary/aromatic N) is 1. The molecule has 2 amide bonds. The van der Waals surface area contributed by atoms with E-state index in [1.807, 2.05) is 0 Å². The van der Waals surface area contributed by atoms with Crippen molar-refractivity contribution in [2.75, 3.05) is 23.8 Å². The number of anilines is 2. The van der Waals surface area contributed by atoms with Crippen LogP contribution in [0, 0.1) is 0 Å². The van der Waals surface area contributed by atoms with Crippen molar-refractivity contribution in [3.63, 3.8) is 0 Å². The van der Waals surface area contributed by atoms with Gasteiger partial charge < -0.3 is 20.1 Å². The summed E-state index contributed by atoms with van der Waals surface area (Å²) >= 11 is 0. The summed E-state index contributed by atoms with van der Waals surface area (Å²) in [5, 5.41) is 5.47. The first-order valence-corrected chi connectivity index (χ1v) is 7.99. The molecule has 2 aromatic rings. The van der Waals surface area contributed by atoms with Crippen molar-refractivity contribution in [1.29, 1.82) is 0 Å². The molecule has 0 bridgehead atoms. The zero-order chi connectivity index (χ0) is 17.6. The fraction of sp³-hybridized carbons (Fsp3) is 0.278. The number of aromatic nitrogens is 1. The molecular formula is C18H19N3O4. The molecule has 2 heterocycles. The van der Waals surface area contributed by atoms with Crippen LogP contribution < -0.4 is 15.4 Å². The molecule has 0 radical (unpaired) electrons. The van der Waals surface area contributed by atoms with Crippen molar-refractivity contribution in [3.8, 4) is 5.88 Å². The van der Waals surface area contributed by atoms with Crippen molar-refractivity contribution < 1.29 is 19.1 Å². The maximum Gasteiger partial charge on any atom is 0.255 e. The van der Waals surface area contributed by atoms with Crippen LogP contribution in [0.15, 0.2) is 42.6 Å². The van der Waals surface area contributed by atoms with Gasteiger partial charge in [-0.1, -0.05) is 0 Å². The molecule has 1 aliphatic rings. The second kappa shape index (κ2) is 7.76. The van der Waals surface area contributed by atoms with E-state index in [1.54, 1.807) is 42.6 Å². The quantitative estimate of drug-likeness (QED) is 0.872. The molecular weight excluding hydrogens is 322 g/mol. The number of carbonyl (C=O) groups excluding carboxylic acids is 2. The summed E-state index contributed by atoms with van der Waals surface area (Å²) in [6.45, 7) is 2.66. The number of carbonyl (C=O) groups is 2. The van der Waals surface area contributed by atoms with Crippen LogP contribution in [0.1, 0.15) is 23.7 Å². The minimum absolute atomic E-state index is 0.0212. The number of benzene rings is 1. The molecule has 2 N–H and O–H groups in total. The largest absolute Gasteiger partial charge is 0.472 e. The van der Waals surface area contributed by atoms with Gasteiger partial charge in [-0.2, -0.15) is 0 Å². The molecule has 3 rings (SSSR count). The van der Waals surface area contributed by atoms with E-state index in [-0.39, 0.29) is 17.9 Å². The normalized spacial score (nSPS) is 16.3. The zero-order valence-corrected chi connectivity index (χ0v) is 13.8. The van der Waals surface area contributed by atoms with E-state index in [4.69, 9.17) is 9.47 Å². The molecule has 130 valence electrons. The van der Waals surface area contributed by atoms with E-state index in [0.717, 1.165) is 6.42 Å². The summed E-state index contributed by atoms with van der Waals surface area (Å²) in [4.78, 5) is 27.5. The van der Waals surface area contributed by atoms with E-state index in [9.17, 15) is 9.59 Å². The zero-order valence-electron chi connectivity index (χ0n) is 13.8. The minimum Gasteiger partial charge on any atom is -0.472 e. The van der Waals surface area contributed by atoms with Gasteiger partial charge in [-0.15, -0.1) is 0 Å². The predicted molar refractivity (Wildman–Crippen MR) is 92.8 cm³/mol. The smallest absolute Gasteiger partial charge is 0.255 e. The molecule has 0 aliphatic carbocycles. The second-order valence-electron chi connectivity index (χ2n) is 5.70. The van der Waals surface area contributed by atoms with Gasteiger partial charge in [-0.05, 0) is 30.3 Å². The molecule has 1 atom stereocenters. The topological polar surface area (TPSA) is 89.6 Å². The Bertz CT molecular complexity index is 755. The fourth-order valence-electron chi connectivity index (χ4n) is 2.44. The number of ether oxygens (including phenoxy) is 2. The van der Waals surface area contributed by atoms with Crippen molar-refractivity contribution in [3.05, 3.63) is 48.2 Å². The van der Waals surface area contributed by atoms with Crippen molar-refractivity contribution in [2.24, 2.45) is 0 Å². The van der Waals surface area contributed by atoms with Crippen LogP contribution in [0.2, 0.25) is 0 Å². The highest BCUT2D eigenvalue weighted by Gasteiger charge is 2.18. The monoisotopic (exact) mass is 341 g/mol.